The Morgan fingerprint density at radius 2 is 2.07 bits per heavy atom. The van der Waals surface area contributed by atoms with E-state index < -0.39 is 4.92 Å². The highest BCUT2D eigenvalue weighted by atomic mass is 16.6. The Hall–Kier alpha value is -4.34. The zero-order chi connectivity index (χ0) is 20.2. The van der Waals surface area contributed by atoms with Crippen LogP contribution >= 0.6 is 0 Å². The Morgan fingerprint density at radius 3 is 2.93 bits per heavy atom. The van der Waals surface area contributed by atoms with Gasteiger partial charge < -0.3 is 4.42 Å². The first-order valence-electron chi connectivity index (χ1n) is 8.55. The quantitative estimate of drug-likeness (QED) is 0.306. The molecule has 0 spiro atoms. The van der Waals surface area contributed by atoms with E-state index in [0.717, 1.165) is 5.52 Å². The highest BCUT2D eigenvalue weighted by molar-refractivity contribution is 5.82. The second kappa shape index (κ2) is 7.72. The fourth-order valence-corrected chi connectivity index (χ4v) is 2.72. The monoisotopic (exact) mass is 390 g/mol. The first-order valence-corrected chi connectivity index (χ1v) is 8.55. The van der Waals surface area contributed by atoms with Crippen molar-refractivity contribution in [3.63, 3.8) is 0 Å². The van der Waals surface area contributed by atoms with Crippen molar-refractivity contribution in [3.05, 3.63) is 76.5 Å². The van der Waals surface area contributed by atoms with Crippen molar-refractivity contribution in [2.75, 3.05) is 0 Å². The van der Waals surface area contributed by atoms with Crippen LogP contribution in [0.3, 0.4) is 0 Å². The minimum atomic E-state index is -0.470. The Labute approximate surface area is 163 Å². The summed E-state index contributed by atoms with van der Waals surface area (Å²) in [5.41, 5.74) is 4.40. The molecule has 2 heterocycles. The average Bonchev–Trinajstić information content (AvgIpc) is 3.36. The molecule has 144 valence electrons. The molecule has 4 rings (SSSR count). The molecular weight excluding hydrogens is 376 g/mol. The Bertz CT molecular complexity index is 1230. The standard InChI is InChI=1S/C19H14N6O4/c26-19(12-24-17-7-2-1-6-16(17)21-23-24)22-20-11-15-8-9-18(29-15)13-4-3-5-14(10-13)25(27)28/h1-11H,12H2,(H,22,26)/b20-11-. The topological polar surface area (TPSA) is 128 Å². The third kappa shape index (κ3) is 4.00. The molecule has 0 saturated carbocycles. The number of hydrazone groups is 1. The lowest BCUT2D eigenvalue weighted by molar-refractivity contribution is -0.384. The number of aromatic nitrogens is 3. The number of furan rings is 1. The van der Waals surface area contributed by atoms with Crippen LogP contribution in [0.4, 0.5) is 5.69 Å². The predicted molar refractivity (Wildman–Crippen MR) is 104 cm³/mol. The second-order valence-corrected chi connectivity index (χ2v) is 6.04. The van der Waals surface area contributed by atoms with Crippen molar-refractivity contribution in [1.82, 2.24) is 20.4 Å². The summed E-state index contributed by atoms with van der Waals surface area (Å²) in [6.07, 6.45) is 1.35. The van der Waals surface area contributed by atoms with Crippen molar-refractivity contribution in [3.8, 4) is 11.3 Å². The number of benzene rings is 2. The van der Waals surface area contributed by atoms with Crippen LogP contribution < -0.4 is 5.43 Å². The number of hydrogen-bond donors (Lipinski definition) is 1. The number of amides is 1. The minimum absolute atomic E-state index is 0.0259. The minimum Gasteiger partial charge on any atom is -0.455 e. The lowest BCUT2D eigenvalue weighted by Crippen LogP contribution is -2.23. The largest absolute Gasteiger partial charge is 0.455 e. The van der Waals surface area contributed by atoms with Gasteiger partial charge in [0.1, 0.15) is 23.6 Å². The van der Waals surface area contributed by atoms with E-state index in [0.29, 0.717) is 22.6 Å². The van der Waals surface area contributed by atoms with Crippen molar-refractivity contribution < 1.29 is 14.1 Å². The number of nitrogens with zero attached hydrogens (tertiary/aromatic N) is 5. The van der Waals surface area contributed by atoms with Crippen LogP contribution in [-0.4, -0.2) is 32.0 Å². The number of carbonyl (C=O) groups is 1. The SMILES string of the molecule is O=C(Cn1nnc2ccccc21)N/N=C\c1ccc(-c2cccc([N+](=O)[O-])c2)o1. The maximum atomic E-state index is 12.1. The number of rotatable bonds is 6. The van der Waals surface area contributed by atoms with Crippen LogP contribution in [0.1, 0.15) is 5.76 Å². The summed E-state index contributed by atoms with van der Waals surface area (Å²) in [5, 5.41) is 22.7. The summed E-state index contributed by atoms with van der Waals surface area (Å²) >= 11 is 0. The average molecular weight is 390 g/mol. The van der Waals surface area contributed by atoms with E-state index in [4.69, 9.17) is 4.42 Å². The first-order chi connectivity index (χ1) is 14.1. The molecule has 0 fully saturated rings. The Kier molecular flexibility index (Phi) is 4.81. The maximum absolute atomic E-state index is 12.1. The normalized spacial score (nSPS) is 11.2. The van der Waals surface area contributed by atoms with Gasteiger partial charge in [-0.1, -0.05) is 29.5 Å². The van der Waals surface area contributed by atoms with Gasteiger partial charge in [-0.25, -0.2) is 10.1 Å². The van der Waals surface area contributed by atoms with Gasteiger partial charge in [-0.2, -0.15) is 5.10 Å². The first kappa shape index (κ1) is 18.0. The van der Waals surface area contributed by atoms with E-state index in [-0.39, 0.29) is 18.1 Å². The number of hydrogen-bond acceptors (Lipinski definition) is 7. The molecule has 0 aliphatic carbocycles. The van der Waals surface area contributed by atoms with E-state index in [2.05, 4.69) is 20.8 Å². The smallest absolute Gasteiger partial charge is 0.270 e. The fourth-order valence-electron chi connectivity index (χ4n) is 2.72. The van der Waals surface area contributed by atoms with E-state index in [1.165, 1.54) is 23.0 Å². The number of non-ortho nitro benzene ring substituents is 1. The zero-order valence-corrected chi connectivity index (χ0v) is 14.9. The summed E-state index contributed by atoms with van der Waals surface area (Å²) in [6, 6.07) is 16.7. The van der Waals surface area contributed by atoms with E-state index in [1.54, 1.807) is 24.3 Å². The molecule has 2 aromatic heterocycles. The van der Waals surface area contributed by atoms with E-state index >= 15 is 0 Å². The van der Waals surface area contributed by atoms with E-state index in [9.17, 15) is 14.9 Å². The van der Waals surface area contributed by atoms with Gasteiger partial charge in [-0.3, -0.25) is 14.9 Å². The molecule has 0 unspecified atom stereocenters. The Balaban J connectivity index is 1.39. The summed E-state index contributed by atoms with van der Waals surface area (Å²) in [5.74, 6) is 0.468. The van der Waals surface area contributed by atoms with Crippen LogP contribution in [0, 0.1) is 10.1 Å². The molecule has 10 nitrogen and oxygen atoms in total. The lowest BCUT2D eigenvalue weighted by Gasteiger charge is -2.00. The van der Waals surface area contributed by atoms with Gasteiger partial charge in [-0.05, 0) is 24.3 Å². The molecular formula is C19H14N6O4. The van der Waals surface area contributed by atoms with Crippen molar-refractivity contribution in [2.24, 2.45) is 5.10 Å². The van der Waals surface area contributed by atoms with Gasteiger partial charge in [0.2, 0.25) is 0 Å². The molecule has 29 heavy (non-hydrogen) atoms. The van der Waals surface area contributed by atoms with Gasteiger partial charge >= 0.3 is 0 Å². The van der Waals surface area contributed by atoms with Crippen LogP contribution in [0.15, 0.2) is 70.2 Å². The number of nitro groups is 1. The van der Waals surface area contributed by atoms with E-state index in [1.807, 2.05) is 24.3 Å². The molecule has 0 radical (unpaired) electrons. The van der Waals surface area contributed by atoms with Gasteiger partial charge in [0, 0.05) is 17.7 Å². The lowest BCUT2D eigenvalue weighted by atomic mass is 10.1. The number of para-hydroxylation sites is 1. The molecule has 0 saturated heterocycles. The number of nitro benzene ring substituents is 1. The Morgan fingerprint density at radius 1 is 1.21 bits per heavy atom. The zero-order valence-electron chi connectivity index (χ0n) is 14.9. The maximum Gasteiger partial charge on any atom is 0.270 e. The van der Waals surface area contributed by atoms with Crippen LogP contribution in [0.25, 0.3) is 22.4 Å². The van der Waals surface area contributed by atoms with Gasteiger partial charge in [0.25, 0.3) is 11.6 Å². The van der Waals surface area contributed by atoms with Crippen molar-refractivity contribution in [1.29, 1.82) is 0 Å². The molecule has 1 N–H and O–H groups in total. The summed E-state index contributed by atoms with van der Waals surface area (Å²) in [6.45, 7) is -0.0328. The number of carbonyl (C=O) groups excluding carboxylic acids is 1. The predicted octanol–water partition coefficient (Wildman–Crippen LogP) is 2.75. The highest BCUT2D eigenvalue weighted by Gasteiger charge is 2.10. The fraction of sp³-hybridized carbons (Fsp3) is 0.0526. The molecule has 0 bridgehead atoms. The molecule has 0 aliphatic rings. The van der Waals surface area contributed by atoms with Gasteiger partial charge in [0.15, 0.2) is 0 Å². The molecule has 0 atom stereocenters. The third-order valence-electron chi connectivity index (χ3n) is 4.06. The molecule has 0 aliphatic heterocycles. The summed E-state index contributed by atoms with van der Waals surface area (Å²) in [7, 11) is 0. The second-order valence-electron chi connectivity index (χ2n) is 6.04. The van der Waals surface area contributed by atoms with Gasteiger partial charge in [0.05, 0.1) is 16.7 Å². The molecule has 10 heteroatoms. The van der Waals surface area contributed by atoms with Gasteiger partial charge in [-0.15, -0.1) is 5.10 Å². The molecule has 2 aromatic carbocycles. The highest BCUT2D eigenvalue weighted by Crippen LogP contribution is 2.25. The van der Waals surface area contributed by atoms with Crippen molar-refractivity contribution >= 4 is 28.8 Å². The number of nitrogens with one attached hydrogen (secondary N) is 1. The van der Waals surface area contributed by atoms with Crippen LogP contribution in [0.5, 0.6) is 0 Å². The van der Waals surface area contributed by atoms with Crippen molar-refractivity contribution in [2.45, 2.75) is 6.54 Å². The number of fused-ring (bicyclic) bond motifs is 1. The van der Waals surface area contributed by atoms with Crippen LogP contribution in [-0.2, 0) is 11.3 Å². The summed E-state index contributed by atoms with van der Waals surface area (Å²) in [4.78, 5) is 22.5. The summed E-state index contributed by atoms with van der Waals surface area (Å²) < 4.78 is 7.08. The third-order valence-corrected chi connectivity index (χ3v) is 4.06. The molecule has 4 aromatic rings. The molecule has 1 amide bonds. The van der Waals surface area contributed by atoms with Crippen LogP contribution in [0.2, 0.25) is 0 Å².